The van der Waals surface area contributed by atoms with E-state index in [1.165, 1.54) is 11.3 Å². The summed E-state index contributed by atoms with van der Waals surface area (Å²) in [5, 5.41) is 2.11. The standard InChI is InChI=1S/C10H15N3OS/c1-3-4-5-6-13(2)9(14)8-7-15-10(11)12-8/h3,7H,1,4-6H2,2H3,(H2,11,12). The molecule has 0 aliphatic heterocycles. The Morgan fingerprint density at radius 3 is 3.07 bits per heavy atom. The number of nitrogens with zero attached hydrogens (tertiary/aromatic N) is 2. The van der Waals surface area contributed by atoms with Crippen molar-refractivity contribution in [1.82, 2.24) is 9.88 Å². The number of rotatable bonds is 5. The highest BCUT2D eigenvalue weighted by Gasteiger charge is 2.13. The van der Waals surface area contributed by atoms with E-state index in [4.69, 9.17) is 5.73 Å². The van der Waals surface area contributed by atoms with Gasteiger partial charge in [-0.2, -0.15) is 0 Å². The molecule has 0 saturated carbocycles. The Balaban J connectivity index is 2.49. The number of hydrogen-bond acceptors (Lipinski definition) is 4. The number of aromatic nitrogens is 1. The van der Waals surface area contributed by atoms with Crippen LogP contribution in [0.15, 0.2) is 18.0 Å². The molecule has 5 heteroatoms. The molecule has 82 valence electrons. The van der Waals surface area contributed by atoms with Crippen LogP contribution in [0.5, 0.6) is 0 Å². The maximum atomic E-state index is 11.7. The second-order valence-corrected chi connectivity index (χ2v) is 4.12. The summed E-state index contributed by atoms with van der Waals surface area (Å²) < 4.78 is 0. The fraction of sp³-hybridized carbons (Fsp3) is 0.400. The van der Waals surface area contributed by atoms with E-state index in [2.05, 4.69) is 11.6 Å². The van der Waals surface area contributed by atoms with Crippen LogP contribution in [0.4, 0.5) is 5.13 Å². The van der Waals surface area contributed by atoms with Crippen LogP contribution in [0.25, 0.3) is 0 Å². The Kier molecular flexibility index (Phi) is 4.30. The third-order valence-corrected chi connectivity index (χ3v) is 2.66. The number of allylic oxidation sites excluding steroid dienone is 1. The first-order valence-corrected chi connectivity index (χ1v) is 5.60. The zero-order chi connectivity index (χ0) is 11.3. The highest BCUT2D eigenvalue weighted by molar-refractivity contribution is 7.13. The number of anilines is 1. The van der Waals surface area contributed by atoms with Crippen LogP contribution >= 0.6 is 11.3 Å². The van der Waals surface area contributed by atoms with Crippen molar-refractivity contribution >= 4 is 22.4 Å². The summed E-state index contributed by atoms with van der Waals surface area (Å²) in [6, 6.07) is 0. The van der Waals surface area contributed by atoms with Crippen LogP contribution in [-0.4, -0.2) is 29.4 Å². The maximum Gasteiger partial charge on any atom is 0.273 e. The number of hydrogen-bond donors (Lipinski definition) is 1. The zero-order valence-electron chi connectivity index (χ0n) is 8.77. The van der Waals surface area contributed by atoms with Crippen molar-refractivity contribution in [1.29, 1.82) is 0 Å². The number of unbranched alkanes of at least 4 members (excludes halogenated alkanes) is 1. The monoisotopic (exact) mass is 225 g/mol. The number of carbonyl (C=O) groups is 1. The van der Waals surface area contributed by atoms with E-state index >= 15 is 0 Å². The molecule has 1 aromatic heterocycles. The van der Waals surface area contributed by atoms with Crippen LogP contribution in [0.3, 0.4) is 0 Å². The van der Waals surface area contributed by atoms with Gasteiger partial charge in [0.1, 0.15) is 5.69 Å². The lowest BCUT2D eigenvalue weighted by atomic mass is 10.3. The number of amides is 1. The molecule has 0 bridgehead atoms. The Morgan fingerprint density at radius 1 is 1.80 bits per heavy atom. The van der Waals surface area contributed by atoms with Gasteiger partial charge < -0.3 is 10.6 Å². The molecule has 0 fully saturated rings. The smallest absolute Gasteiger partial charge is 0.273 e. The third kappa shape index (κ3) is 3.36. The van der Waals surface area contributed by atoms with Crippen molar-refractivity contribution in [2.24, 2.45) is 0 Å². The average Bonchev–Trinajstić information content (AvgIpc) is 2.64. The summed E-state index contributed by atoms with van der Waals surface area (Å²) in [4.78, 5) is 17.3. The molecule has 0 aliphatic rings. The molecule has 1 heterocycles. The van der Waals surface area contributed by atoms with Crippen molar-refractivity contribution in [2.45, 2.75) is 12.8 Å². The first-order chi connectivity index (χ1) is 7.15. The van der Waals surface area contributed by atoms with E-state index in [-0.39, 0.29) is 5.91 Å². The Bertz CT molecular complexity index is 348. The minimum atomic E-state index is -0.0768. The second-order valence-electron chi connectivity index (χ2n) is 3.23. The molecule has 0 spiro atoms. The van der Waals surface area contributed by atoms with Gasteiger partial charge in [0.25, 0.3) is 5.91 Å². The first-order valence-electron chi connectivity index (χ1n) is 4.72. The van der Waals surface area contributed by atoms with Crippen LogP contribution < -0.4 is 5.73 Å². The largest absolute Gasteiger partial charge is 0.375 e. The van der Waals surface area contributed by atoms with Crippen molar-refractivity contribution < 1.29 is 4.79 Å². The van der Waals surface area contributed by atoms with Gasteiger partial charge in [0.15, 0.2) is 5.13 Å². The summed E-state index contributed by atoms with van der Waals surface area (Å²) in [5.74, 6) is -0.0768. The van der Waals surface area contributed by atoms with Crippen molar-refractivity contribution in [3.8, 4) is 0 Å². The molecule has 1 rings (SSSR count). The zero-order valence-corrected chi connectivity index (χ0v) is 9.59. The Labute approximate surface area is 93.4 Å². The Morgan fingerprint density at radius 2 is 2.53 bits per heavy atom. The molecule has 0 saturated heterocycles. The van der Waals surface area contributed by atoms with E-state index in [9.17, 15) is 4.79 Å². The van der Waals surface area contributed by atoms with Gasteiger partial charge in [-0.1, -0.05) is 6.08 Å². The number of carbonyl (C=O) groups excluding carboxylic acids is 1. The highest BCUT2D eigenvalue weighted by atomic mass is 32.1. The number of nitrogens with two attached hydrogens (primary N) is 1. The van der Waals surface area contributed by atoms with E-state index in [0.29, 0.717) is 17.4 Å². The van der Waals surface area contributed by atoms with Gasteiger partial charge in [0.05, 0.1) is 0 Å². The van der Waals surface area contributed by atoms with Crippen molar-refractivity contribution in [3.05, 3.63) is 23.7 Å². The second kappa shape index (κ2) is 5.50. The summed E-state index contributed by atoms with van der Waals surface area (Å²) in [5.41, 5.74) is 5.89. The molecule has 0 unspecified atom stereocenters. The Hall–Kier alpha value is -1.36. The van der Waals surface area contributed by atoms with Gasteiger partial charge in [0, 0.05) is 19.0 Å². The lowest BCUT2D eigenvalue weighted by molar-refractivity contribution is 0.0789. The van der Waals surface area contributed by atoms with Gasteiger partial charge >= 0.3 is 0 Å². The lowest BCUT2D eigenvalue weighted by Gasteiger charge is -2.14. The van der Waals surface area contributed by atoms with Gasteiger partial charge in [-0.15, -0.1) is 17.9 Å². The molecule has 15 heavy (non-hydrogen) atoms. The van der Waals surface area contributed by atoms with Crippen molar-refractivity contribution in [2.75, 3.05) is 19.3 Å². The summed E-state index contributed by atoms with van der Waals surface area (Å²) in [6.07, 6.45) is 3.68. The van der Waals surface area contributed by atoms with Gasteiger partial charge in [-0.3, -0.25) is 4.79 Å². The SMILES string of the molecule is C=CCCCN(C)C(=O)c1csc(N)n1. The number of thiazole rings is 1. The fourth-order valence-electron chi connectivity index (χ4n) is 1.16. The lowest BCUT2D eigenvalue weighted by Crippen LogP contribution is -2.27. The molecular weight excluding hydrogens is 210 g/mol. The van der Waals surface area contributed by atoms with E-state index in [1.807, 2.05) is 6.08 Å². The summed E-state index contributed by atoms with van der Waals surface area (Å²) in [6.45, 7) is 4.34. The highest BCUT2D eigenvalue weighted by Crippen LogP contribution is 2.12. The number of nitrogen functional groups attached to an aromatic ring is 1. The minimum absolute atomic E-state index is 0.0768. The topological polar surface area (TPSA) is 59.2 Å². The average molecular weight is 225 g/mol. The predicted molar refractivity (Wildman–Crippen MR) is 62.9 cm³/mol. The molecular formula is C10H15N3OS. The first kappa shape index (κ1) is 11.7. The molecule has 4 nitrogen and oxygen atoms in total. The van der Waals surface area contributed by atoms with E-state index in [0.717, 1.165) is 12.8 Å². The minimum Gasteiger partial charge on any atom is -0.375 e. The fourth-order valence-corrected chi connectivity index (χ4v) is 1.69. The predicted octanol–water partition coefficient (Wildman–Crippen LogP) is 1.76. The maximum absolute atomic E-state index is 11.7. The van der Waals surface area contributed by atoms with Crippen LogP contribution in [-0.2, 0) is 0 Å². The molecule has 1 aromatic rings. The summed E-state index contributed by atoms with van der Waals surface area (Å²) in [7, 11) is 1.76. The molecule has 0 radical (unpaired) electrons. The van der Waals surface area contributed by atoms with Gasteiger partial charge in [0.2, 0.25) is 0 Å². The quantitative estimate of drug-likeness (QED) is 0.613. The molecule has 2 N–H and O–H groups in total. The molecule has 0 aromatic carbocycles. The van der Waals surface area contributed by atoms with Gasteiger partial charge in [-0.05, 0) is 12.8 Å². The molecule has 0 atom stereocenters. The van der Waals surface area contributed by atoms with Crippen molar-refractivity contribution in [3.63, 3.8) is 0 Å². The third-order valence-electron chi connectivity index (χ3n) is 1.99. The van der Waals surface area contributed by atoms with E-state index < -0.39 is 0 Å². The van der Waals surface area contributed by atoms with Crippen LogP contribution in [0.2, 0.25) is 0 Å². The summed E-state index contributed by atoms with van der Waals surface area (Å²) >= 11 is 1.28. The van der Waals surface area contributed by atoms with E-state index in [1.54, 1.807) is 17.3 Å². The van der Waals surface area contributed by atoms with Crippen LogP contribution in [0.1, 0.15) is 23.3 Å². The van der Waals surface area contributed by atoms with Gasteiger partial charge in [-0.25, -0.2) is 4.98 Å². The van der Waals surface area contributed by atoms with Crippen LogP contribution in [0, 0.1) is 0 Å². The molecule has 1 amide bonds. The molecule has 0 aliphatic carbocycles. The normalized spacial score (nSPS) is 9.93.